The Morgan fingerprint density at radius 1 is 1.65 bits per heavy atom. The van der Waals surface area contributed by atoms with Gasteiger partial charge in [-0.1, -0.05) is 13.3 Å². The molecule has 20 heavy (non-hydrogen) atoms. The molecule has 7 heteroatoms. The van der Waals surface area contributed by atoms with Crippen molar-refractivity contribution < 1.29 is 4.74 Å². The molecule has 2 heterocycles. The van der Waals surface area contributed by atoms with Crippen molar-refractivity contribution >= 4 is 21.6 Å². The minimum absolute atomic E-state index is 0.0868. The normalized spacial score (nSPS) is 19.0. The molecule has 0 aromatic carbocycles. The van der Waals surface area contributed by atoms with E-state index >= 15 is 0 Å². The van der Waals surface area contributed by atoms with Crippen LogP contribution in [0.4, 0.5) is 5.69 Å². The highest BCUT2D eigenvalue weighted by molar-refractivity contribution is 9.10. The molecule has 0 bridgehead atoms. The quantitative estimate of drug-likeness (QED) is 0.811. The standard InChI is InChI=1S/C13H21BrN4O2/c1-2-3-5-18-13(19)12(14)11(8-17-18)16-7-10-9-20-6-4-15-10/h8,10,15-16H,2-7,9H2,1H3. The predicted molar refractivity (Wildman–Crippen MR) is 82.2 cm³/mol. The van der Waals surface area contributed by atoms with E-state index < -0.39 is 0 Å². The number of halogens is 1. The van der Waals surface area contributed by atoms with Gasteiger partial charge in [0.05, 0.1) is 25.1 Å². The Bertz CT molecular complexity index is 486. The number of aryl methyl sites for hydroxylation is 1. The maximum absolute atomic E-state index is 12.1. The van der Waals surface area contributed by atoms with E-state index in [1.54, 1.807) is 6.20 Å². The first-order valence-corrected chi connectivity index (χ1v) is 7.82. The van der Waals surface area contributed by atoms with E-state index in [1.807, 2.05) is 0 Å². The van der Waals surface area contributed by atoms with Gasteiger partial charge in [-0.2, -0.15) is 5.10 Å². The summed E-state index contributed by atoms with van der Waals surface area (Å²) < 4.78 is 7.43. The van der Waals surface area contributed by atoms with Crippen LogP contribution in [0.15, 0.2) is 15.5 Å². The van der Waals surface area contributed by atoms with Crippen LogP contribution >= 0.6 is 15.9 Å². The Labute approximate surface area is 127 Å². The number of nitrogens with one attached hydrogen (secondary N) is 2. The molecule has 1 fully saturated rings. The number of rotatable bonds is 6. The number of hydrogen-bond donors (Lipinski definition) is 2. The summed E-state index contributed by atoms with van der Waals surface area (Å²) >= 11 is 3.36. The lowest BCUT2D eigenvalue weighted by atomic mass is 10.2. The van der Waals surface area contributed by atoms with Crippen molar-refractivity contribution in [2.75, 3.05) is 31.6 Å². The topological polar surface area (TPSA) is 68.2 Å². The van der Waals surface area contributed by atoms with Crippen LogP contribution in [0, 0.1) is 0 Å². The molecule has 1 unspecified atom stereocenters. The van der Waals surface area contributed by atoms with Gasteiger partial charge in [0.25, 0.3) is 5.56 Å². The lowest BCUT2D eigenvalue weighted by Gasteiger charge is -2.24. The predicted octanol–water partition coefficient (Wildman–Crippen LogP) is 1.21. The Hall–Kier alpha value is -0.920. The maximum Gasteiger partial charge on any atom is 0.283 e. The second kappa shape index (κ2) is 7.75. The van der Waals surface area contributed by atoms with E-state index in [2.05, 4.69) is 38.6 Å². The number of morpholine rings is 1. The fourth-order valence-electron chi connectivity index (χ4n) is 2.04. The lowest BCUT2D eigenvalue weighted by Crippen LogP contribution is -2.45. The van der Waals surface area contributed by atoms with Crippen molar-refractivity contribution in [3.05, 3.63) is 21.0 Å². The second-order valence-corrected chi connectivity index (χ2v) is 5.65. The van der Waals surface area contributed by atoms with Crippen LogP contribution in [0.3, 0.4) is 0 Å². The Kier molecular flexibility index (Phi) is 6.00. The summed E-state index contributed by atoms with van der Waals surface area (Å²) in [5, 5.41) is 10.8. The zero-order valence-electron chi connectivity index (χ0n) is 11.7. The highest BCUT2D eigenvalue weighted by Crippen LogP contribution is 2.16. The van der Waals surface area contributed by atoms with Gasteiger partial charge in [0.2, 0.25) is 0 Å². The summed E-state index contributed by atoms with van der Waals surface area (Å²) in [6.07, 6.45) is 3.69. The van der Waals surface area contributed by atoms with Crippen LogP contribution < -0.4 is 16.2 Å². The van der Waals surface area contributed by atoms with Crippen LogP contribution in [0.25, 0.3) is 0 Å². The number of unbranched alkanes of at least 4 members (excludes halogenated alkanes) is 1. The van der Waals surface area contributed by atoms with Gasteiger partial charge in [-0.15, -0.1) is 0 Å². The number of aromatic nitrogens is 2. The summed E-state index contributed by atoms with van der Waals surface area (Å²) in [7, 11) is 0. The molecule has 1 aliphatic heterocycles. The minimum atomic E-state index is -0.0868. The Balaban J connectivity index is 1.97. The van der Waals surface area contributed by atoms with Crippen LogP contribution in [0.2, 0.25) is 0 Å². The lowest BCUT2D eigenvalue weighted by molar-refractivity contribution is 0.0806. The van der Waals surface area contributed by atoms with Gasteiger partial charge in [-0.05, 0) is 22.4 Å². The first-order valence-electron chi connectivity index (χ1n) is 7.03. The largest absolute Gasteiger partial charge is 0.381 e. The molecule has 0 aliphatic carbocycles. The van der Waals surface area contributed by atoms with Crippen molar-refractivity contribution in [1.82, 2.24) is 15.1 Å². The van der Waals surface area contributed by atoms with Crippen molar-refractivity contribution in [3.8, 4) is 0 Å². The van der Waals surface area contributed by atoms with Gasteiger partial charge in [0.1, 0.15) is 4.47 Å². The molecule has 2 rings (SSSR count). The van der Waals surface area contributed by atoms with Gasteiger partial charge in [0.15, 0.2) is 0 Å². The van der Waals surface area contributed by atoms with E-state index in [1.165, 1.54) is 4.68 Å². The van der Waals surface area contributed by atoms with E-state index in [4.69, 9.17) is 4.74 Å². The fourth-order valence-corrected chi connectivity index (χ4v) is 2.49. The molecular weight excluding hydrogens is 324 g/mol. The Morgan fingerprint density at radius 3 is 3.20 bits per heavy atom. The third-order valence-corrected chi connectivity index (χ3v) is 4.01. The van der Waals surface area contributed by atoms with E-state index in [0.29, 0.717) is 24.2 Å². The summed E-state index contributed by atoms with van der Waals surface area (Å²) in [5.41, 5.74) is 0.645. The zero-order chi connectivity index (χ0) is 14.4. The second-order valence-electron chi connectivity index (χ2n) is 4.86. The average Bonchev–Trinajstić information content (AvgIpc) is 2.49. The molecule has 2 N–H and O–H groups in total. The average molecular weight is 345 g/mol. The van der Waals surface area contributed by atoms with E-state index in [9.17, 15) is 4.79 Å². The number of ether oxygens (including phenoxy) is 1. The molecule has 0 radical (unpaired) electrons. The third-order valence-electron chi connectivity index (χ3n) is 3.25. The van der Waals surface area contributed by atoms with Crippen molar-refractivity contribution in [2.24, 2.45) is 0 Å². The van der Waals surface area contributed by atoms with E-state index in [-0.39, 0.29) is 11.6 Å². The minimum Gasteiger partial charge on any atom is -0.381 e. The summed E-state index contributed by atoms with van der Waals surface area (Å²) in [6, 6.07) is 0.262. The highest BCUT2D eigenvalue weighted by atomic mass is 79.9. The SMILES string of the molecule is CCCCn1ncc(NCC2COCCN2)c(Br)c1=O. The zero-order valence-corrected chi connectivity index (χ0v) is 13.3. The first kappa shape index (κ1) is 15.5. The highest BCUT2D eigenvalue weighted by Gasteiger charge is 2.14. The fraction of sp³-hybridized carbons (Fsp3) is 0.692. The number of anilines is 1. The Morgan fingerprint density at radius 2 is 2.50 bits per heavy atom. The molecule has 1 atom stereocenters. The van der Waals surface area contributed by atoms with Crippen LogP contribution in [0.1, 0.15) is 19.8 Å². The first-order chi connectivity index (χ1) is 9.72. The molecule has 6 nitrogen and oxygen atoms in total. The molecule has 0 spiro atoms. The number of hydrogen-bond acceptors (Lipinski definition) is 5. The third kappa shape index (κ3) is 4.04. The van der Waals surface area contributed by atoms with Crippen LogP contribution in [-0.4, -0.2) is 42.1 Å². The van der Waals surface area contributed by atoms with Crippen LogP contribution in [0.5, 0.6) is 0 Å². The molecule has 0 amide bonds. The smallest absolute Gasteiger partial charge is 0.283 e. The summed E-state index contributed by atoms with van der Waals surface area (Å²) in [6.45, 7) is 5.77. The van der Waals surface area contributed by atoms with Gasteiger partial charge in [-0.25, -0.2) is 4.68 Å². The molecule has 1 saturated heterocycles. The summed E-state index contributed by atoms with van der Waals surface area (Å²) in [5.74, 6) is 0. The molecule has 1 aromatic heterocycles. The van der Waals surface area contributed by atoms with Crippen molar-refractivity contribution in [2.45, 2.75) is 32.4 Å². The van der Waals surface area contributed by atoms with Gasteiger partial charge in [0, 0.05) is 25.7 Å². The number of nitrogens with zero attached hydrogens (tertiary/aromatic N) is 2. The molecule has 112 valence electrons. The van der Waals surface area contributed by atoms with E-state index in [0.717, 1.165) is 31.7 Å². The summed E-state index contributed by atoms with van der Waals surface area (Å²) in [4.78, 5) is 12.1. The maximum atomic E-state index is 12.1. The molecular formula is C13H21BrN4O2. The molecule has 0 saturated carbocycles. The van der Waals surface area contributed by atoms with Gasteiger partial charge >= 0.3 is 0 Å². The van der Waals surface area contributed by atoms with Crippen LogP contribution in [-0.2, 0) is 11.3 Å². The molecule has 1 aliphatic rings. The monoisotopic (exact) mass is 344 g/mol. The molecule has 1 aromatic rings. The van der Waals surface area contributed by atoms with Gasteiger partial charge < -0.3 is 15.4 Å². The van der Waals surface area contributed by atoms with Gasteiger partial charge in [-0.3, -0.25) is 4.79 Å². The van der Waals surface area contributed by atoms with Crippen molar-refractivity contribution in [1.29, 1.82) is 0 Å². The van der Waals surface area contributed by atoms with Crippen molar-refractivity contribution in [3.63, 3.8) is 0 Å².